The Bertz CT molecular complexity index is 310. The lowest BCUT2D eigenvalue weighted by Crippen LogP contribution is -2.34. The van der Waals surface area contributed by atoms with E-state index in [2.05, 4.69) is 11.8 Å². The third-order valence-electron chi connectivity index (χ3n) is 4.05. The highest BCUT2D eigenvalue weighted by Crippen LogP contribution is 2.26. The van der Waals surface area contributed by atoms with Gasteiger partial charge in [-0.3, -0.25) is 4.90 Å². The van der Waals surface area contributed by atoms with Crippen LogP contribution in [0.2, 0.25) is 0 Å². The molecule has 1 aromatic heterocycles. The lowest BCUT2D eigenvalue weighted by atomic mass is 9.98. The summed E-state index contributed by atoms with van der Waals surface area (Å²) >= 11 is 0. The minimum Gasteiger partial charge on any atom is -0.472 e. The van der Waals surface area contributed by atoms with Gasteiger partial charge in [0.15, 0.2) is 0 Å². The average molecular weight is 236 g/mol. The zero-order chi connectivity index (χ0) is 12.1. The lowest BCUT2D eigenvalue weighted by molar-refractivity contribution is 0.206. The fourth-order valence-electron chi connectivity index (χ4n) is 2.87. The lowest BCUT2D eigenvalue weighted by Gasteiger charge is -2.29. The molecule has 1 aliphatic heterocycles. The van der Waals surface area contributed by atoms with Crippen molar-refractivity contribution in [1.29, 1.82) is 0 Å². The van der Waals surface area contributed by atoms with E-state index < -0.39 is 0 Å². The van der Waals surface area contributed by atoms with Crippen molar-refractivity contribution in [2.45, 2.75) is 38.6 Å². The van der Waals surface area contributed by atoms with Crippen LogP contribution >= 0.6 is 0 Å². The van der Waals surface area contributed by atoms with Gasteiger partial charge < -0.3 is 10.2 Å². The van der Waals surface area contributed by atoms with Crippen LogP contribution in [-0.2, 0) is 0 Å². The van der Waals surface area contributed by atoms with Gasteiger partial charge >= 0.3 is 0 Å². The van der Waals surface area contributed by atoms with Crippen LogP contribution in [0.15, 0.2) is 23.0 Å². The molecule has 2 heterocycles. The van der Waals surface area contributed by atoms with Crippen LogP contribution < -0.4 is 5.73 Å². The van der Waals surface area contributed by atoms with Crippen LogP contribution in [0.4, 0.5) is 0 Å². The quantitative estimate of drug-likeness (QED) is 0.874. The van der Waals surface area contributed by atoms with Crippen LogP contribution in [0.5, 0.6) is 0 Å². The molecule has 96 valence electrons. The number of likely N-dealkylation sites (tertiary alicyclic amines) is 1. The summed E-state index contributed by atoms with van der Waals surface area (Å²) in [4.78, 5) is 2.53. The van der Waals surface area contributed by atoms with Crippen molar-refractivity contribution in [3.8, 4) is 0 Å². The fraction of sp³-hybridized carbons (Fsp3) is 0.714. The molecular formula is C14H24N2O. The van der Waals surface area contributed by atoms with E-state index in [0.29, 0.717) is 12.6 Å². The Morgan fingerprint density at radius 1 is 1.47 bits per heavy atom. The topological polar surface area (TPSA) is 42.4 Å². The van der Waals surface area contributed by atoms with Crippen molar-refractivity contribution in [2.24, 2.45) is 11.7 Å². The van der Waals surface area contributed by atoms with Crippen LogP contribution in [0.1, 0.15) is 44.2 Å². The zero-order valence-corrected chi connectivity index (χ0v) is 10.8. The first-order valence-corrected chi connectivity index (χ1v) is 6.81. The van der Waals surface area contributed by atoms with Gasteiger partial charge in [-0.1, -0.05) is 13.3 Å². The average Bonchev–Trinajstić information content (AvgIpc) is 2.76. The summed E-state index contributed by atoms with van der Waals surface area (Å²) in [5.41, 5.74) is 7.15. The molecule has 0 saturated carbocycles. The van der Waals surface area contributed by atoms with Crippen LogP contribution in [0.25, 0.3) is 0 Å². The van der Waals surface area contributed by atoms with Crippen molar-refractivity contribution in [2.75, 3.05) is 19.6 Å². The van der Waals surface area contributed by atoms with Crippen molar-refractivity contribution >= 4 is 0 Å². The summed E-state index contributed by atoms with van der Waals surface area (Å²) in [5, 5.41) is 0. The molecule has 0 aliphatic carbocycles. The maximum Gasteiger partial charge on any atom is 0.0950 e. The standard InChI is InChI=1S/C14H24N2O/c1-2-12-4-3-7-16(8-5-12)14(10-15)13-6-9-17-11-13/h6,9,11-12,14H,2-5,7-8,10,15H2,1H3. The Balaban J connectivity index is 2.00. The number of nitrogens with two attached hydrogens (primary N) is 1. The normalized spacial score (nSPS) is 24.5. The summed E-state index contributed by atoms with van der Waals surface area (Å²) in [5.74, 6) is 0.905. The Morgan fingerprint density at radius 3 is 3.00 bits per heavy atom. The predicted octanol–water partition coefficient (Wildman–Crippen LogP) is 2.79. The van der Waals surface area contributed by atoms with Gasteiger partial charge in [-0.25, -0.2) is 0 Å². The summed E-state index contributed by atoms with van der Waals surface area (Å²) in [7, 11) is 0. The van der Waals surface area contributed by atoms with Gasteiger partial charge in [-0.05, 0) is 44.3 Å². The maximum absolute atomic E-state index is 5.93. The fourth-order valence-corrected chi connectivity index (χ4v) is 2.87. The molecule has 3 heteroatoms. The van der Waals surface area contributed by atoms with Crippen molar-refractivity contribution in [1.82, 2.24) is 4.90 Å². The second-order valence-electron chi connectivity index (χ2n) is 5.05. The summed E-state index contributed by atoms with van der Waals surface area (Å²) in [6, 6.07) is 2.38. The number of hydrogen-bond donors (Lipinski definition) is 1. The first-order valence-electron chi connectivity index (χ1n) is 6.81. The molecule has 1 fully saturated rings. The third-order valence-corrected chi connectivity index (χ3v) is 4.05. The molecule has 17 heavy (non-hydrogen) atoms. The first-order chi connectivity index (χ1) is 8.35. The van der Waals surface area contributed by atoms with Gasteiger partial charge in [0, 0.05) is 12.1 Å². The van der Waals surface area contributed by atoms with Crippen molar-refractivity contribution in [3.05, 3.63) is 24.2 Å². The monoisotopic (exact) mass is 236 g/mol. The van der Waals surface area contributed by atoms with Crippen LogP contribution in [-0.4, -0.2) is 24.5 Å². The summed E-state index contributed by atoms with van der Waals surface area (Å²) in [6.45, 7) is 5.32. The summed E-state index contributed by atoms with van der Waals surface area (Å²) in [6.07, 6.45) is 8.87. The smallest absolute Gasteiger partial charge is 0.0950 e. The third kappa shape index (κ3) is 3.11. The second-order valence-corrected chi connectivity index (χ2v) is 5.05. The Labute approximate surface area is 104 Å². The number of rotatable bonds is 4. The molecule has 0 spiro atoms. The molecular weight excluding hydrogens is 212 g/mol. The van der Waals surface area contributed by atoms with Crippen LogP contribution in [0, 0.1) is 5.92 Å². The van der Waals surface area contributed by atoms with Gasteiger partial charge in [0.05, 0.1) is 18.6 Å². The summed E-state index contributed by atoms with van der Waals surface area (Å²) < 4.78 is 5.18. The number of nitrogens with zero attached hydrogens (tertiary/aromatic N) is 1. The van der Waals surface area contributed by atoms with E-state index >= 15 is 0 Å². The Kier molecular flexibility index (Phi) is 4.63. The van der Waals surface area contributed by atoms with Gasteiger partial charge in [-0.2, -0.15) is 0 Å². The molecule has 1 aromatic rings. The van der Waals surface area contributed by atoms with E-state index in [0.717, 1.165) is 5.92 Å². The van der Waals surface area contributed by atoms with Crippen molar-refractivity contribution < 1.29 is 4.42 Å². The largest absolute Gasteiger partial charge is 0.472 e. The van der Waals surface area contributed by atoms with E-state index in [9.17, 15) is 0 Å². The van der Waals surface area contributed by atoms with E-state index in [4.69, 9.17) is 10.2 Å². The molecule has 1 saturated heterocycles. The molecule has 2 unspecified atom stereocenters. The zero-order valence-electron chi connectivity index (χ0n) is 10.8. The second kappa shape index (κ2) is 6.22. The van der Waals surface area contributed by atoms with E-state index in [-0.39, 0.29) is 0 Å². The van der Waals surface area contributed by atoms with Gasteiger partial charge in [0.1, 0.15) is 0 Å². The highest BCUT2D eigenvalue weighted by molar-refractivity contribution is 5.12. The molecule has 2 rings (SSSR count). The molecule has 2 atom stereocenters. The van der Waals surface area contributed by atoms with E-state index in [1.807, 2.05) is 12.3 Å². The Hall–Kier alpha value is -0.800. The molecule has 0 amide bonds. The minimum absolute atomic E-state index is 0.337. The highest BCUT2D eigenvalue weighted by atomic mass is 16.3. The SMILES string of the molecule is CCC1CCCN(C(CN)c2ccoc2)CC1. The van der Waals surface area contributed by atoms with E-state index in [1.54, 1.807) is 6.26 Å². The Morgan fingerprint density at radius 2 is 2.35 bits per heavy atom. The number of hydrogen-bond acceptors (Lipinski definition) is 3. The van der Waals surface area contributed by atoms with Crippen LogP contribution in [0.3, 0.4) is 0 Å². The minimum atomic E-state index is 0.337. The maximum atomic E-state index is 5.93. The van der Waals surface area contributed by atoms with Gasteiger partial charge in [0.25, 0.3) is 0 Å². The van der Waals surface area contributed by atoms with Gasteiger partial charge in [0.2, 0.25) is 0 Å². The van der Waals surface area contributed by atoms with Gasteiger partial charge in [-0.15, -0.1) is 0 Å². The number of furan rings is 1. The molecule has 0 aromatic carbocycles. The predicted molar refractivity (Wildman–Crippen MR) is 69.7 cm³/mol. The highest BCUT2D eigenvalue weighted by Gasteiger charge is 2.23. The first kappa shape index (κ1) is 12.7. The van der Waals surface area contributed by atoms with Crippen molar-refractivity contribution in [3.63, 3.8) is 0 Å². The molecule has 0 bridgehead atoms. The molecule has 0 radical (unpaired) electrons. The molecule has 2 N–H and O–H groups in total. The molecule has 3 nitrogen and oxygen atoms in total. The van der Waals surface area contributed by atoms with E-state index in [1.165, 1.54) is 44.3 Å². The molecule has 1 aliphatic rings.